The number of benzene rings is 6. The standard InChI is InChI=1S/C45H30N6O6/c46-28-56-41-21-9-35(10-22-41)26-33-5-17-39(18-6-33)50-43(53)49(38-15-3-32(4-16-38)25-31-1-13-37(14-2-31)48-30-52)44(54)51(45(50)55)40-19-7-34(8-20-40)27-36-11-23-42(24-12-36)57-29-47/h1-24H,25-27H2. The van der Waals surface area contributed by atoms with Crippen LogP contribution >= 0.6 is 0 Å². The molecule has 276 valence electrons. The summed E-state index contributed by atoms with van der Waals surface area (Å²) < 4.78 is 12.7. The fraction of sp³-hybridized carbons (Fsp3) is 0.0667. The highest BCUT2D eigenvalue weighted by Gasteiger charge is 2.20. The molecule has 0 radical (unpaired) electrons. The maximum absolute atomic E-state index is 14.3. The summed E-state index contributed by atoms with van der Waals surface area (Å²) in [6.45, 7) is 0. The molecule has 6 aromatic carbocycles. The number of aliphatic imine (C=N–C) groups is 1. The third-order valence-corrected chi connectivity index (χ3v) is 9.24. The SMILES string of the molecule is N#COc1ccc(Cc2ccc(-n3c(=O)n(-c4ccc(Cc5ccc(N=C=O)cc5)cc4)c(=O)n(-c4ccc(Cc5ccc(OC#N)cc5)cc4)c3=O)cc2)cc1. The van der Waals surface area contributed by atoms with Crippen molar-refractivity contribution in [2.45, 2.75) is 19.3 Å². The van der Waals surface area contributed by atoms with Gasteiger partial charge in [-0.15, -0.1) is 10.5 Å². The summed E-state index contributed by atoms with van der Waals surface area (Å²) >= 11 is 0. The summed E-state index contributed by atoms with van der Waals surface area (Å²) in [6, 6.07) is 42.1. The fourth-order valence-electron chi connectivity index (χ4n) is 6.40. The zero-order valence-corrected chi connectivity index (χ0v) is 30.1. The lowest BCUT2D eigenvalue weighted by Gasteiger charge is -2.15. The third kappa shape index (κ3) is 8.43. The first kappa shape index (κ1) is 37.0. The van der Waals surface area contributed by atoms with E-state index in [9.17, 15) is 19.2 Å². The summed E-state index contributed by atoms with van der Waals surface area (Å²) in [6.07, 6.45) is 6.44. The van der Waals surface area contributed by atoms with Crippen molar-refractivity contribution >= 4 is 11.8 Å². The first-order chi connectivity index (χ1) is 27.8. The molecule has 12 heteroatoms. The highest BCUT2D eigenvalue weighted by Crippen LogP contribution is 2.20. The van der Waals surface area contributed by atoms with Gasteiger partial charge in [0.25, 0.3) is 12.5 Å². The van der Waals surface area contributed by atoms with Gasteiger partial charge in [0.15, 0.2) is 0 Å². The maximum Gasteiger partial charge on any atom is 0.345 e. The first-order valence-electron chi connectivity index (χ1n) is 17.6. The molecule has 0 unspecified atom stereocenters. The molecule has 0 N–H and O–H groups in total. The molecule has 57 heavy (non-hydrogen) atoms. The van der Waals surface area contributed by atoms with Gasteiger partial charge in [0, 0.05) is 0 Å². The van der Waals surface area contributed by atoms with E-state index in [4.69, 9.17) is 20.0 Å². The molecule has 1 aromatic heterocycles. The Morgan fingerprint density at radius 2 is 0.684 bits per heavy atom. The first-order valence-corrected chi connectivity index (χ1v) is 17.6. The maximum atomic E-state index is 14.3. The Morgan fingerprint density at radius 3 is 0.947 bits per heavy atom. The van der Waals surface area contributed by atoms with Gasteiger partial charge in [-0.2, -0.15) is 4.99 Å². The third-order valence-electron chi connectivity index (χ3n) is 9.24. The molecular weight excluding hydrogens is 721 g/mol. The molecule has 0 saturated carbocycles. The Bertz CT molecular complexity index is 2720. The molecule has 7 rings (SSSR count). The molecule has 0 aliphatic heterocycles. The van der Waals surface area contributed by atoms with Gasteiger partial charge in [0.05, 0.1) is 22.7 Å². The second-order valence-corrected chi connectivity index (χ2v) is 12.9. The second-order valence-electron chi connectivity index (χ2n) is 12.9. The van der Waals surface area contributed by atoms with Crippen molar-refractivity contribution < 1.29 is 14.3 Å². The average Bonchev–Trinajstić information content (AvgIpc) is 3.22. The van der Waals surface area contributed by atoms with Gasteiger partial charge < -0.3 is 9.47 Å². The van der Waals surface area contributed by atoms with Crippen LogP contribution in [0.5, 0.6) is 11.5 Å². The summed E-state index contributed by atoms with van der Waals surface area (Å²) in [4.78, 5) is 57.0. The summed E-state index contributed by atoms with van der Waals surface area (Å²) in [5.74, 6) is 0.865. The number of ether oxygens (including phenoxy) is 2. The fourth-order valence-corrected chi connectivity index (χ4v) is 6.40. The molecule has 0 saturated heterocycles. The zero-order valence-electron chi connectivity index (χ0n) is 30.1. The van der Waals surface area contributed by atoms with E-state index in [0.717, 1.165) is 47.1 Å². The van der Waals surface area contributed by atoms with Crippen molar-refractivity contribution in [1.29, 1.82) is 10.5 Å². The Hall–Kier alpha value is -8.31. The number of nitriles is 2. The number of rotatable bonds is 12. The largest absolute Gasteiger partial charge is 0.388 e. The Kier molecular flexibility index (Phi) is 10.9. The van der Waals surface area contributed by atoms with Gasteiger partial charge in [-0.1, -0.05) is 72.8 Å². The van der Waals surface area contributed by atoms with Gasteiger partial charge in [0.2, 0.25) is 6.08 Å². The zero-order chi connectivity index (χ0) is 39.7. The molecule has 0 amide bonds. The van der Waals surface area contributed by atoms with Crippen LogP contribution in [-0.2, 0) is 24.1 Å². The summed E-state index contributed by atoms with van der Waals surface area (Å²) in [5, 5.41) is 17.5. The number of nitrogens with zero attached hydrogens (tertiary/aromatic N) is 6. The summed E-state index contributed by atoms with van der Waals surface area (Å²) in [5.41, 5.74) is 4.40. The highest BCUT2D eigenvalue weighted by atomic mass is 16.5. The van der Waals surface area contributed by atoms with Crippen molar-refractivity contribution in [3.8, 4) is 41.1 Å². The Labute approximate surface area is 325 Å². The van der Waals surface area contributed by atoms with Gasteiger partial charge in [-0.25, -0.2) is 32.9 Å². The smallest absolute Gasteiger partial charge is 0.345 e. The minimum Gasteiger partial charge on any atom is -0.388 e. The monoisotopic (exact) mass is 750 g/mol. The molecule has 7 aromatic rings. The lowest BCUT2D eigenvalue weighted by Crippen LogP contribution is -2.52. The molecule has 0 fully saturated rings. The quantitative estimate of drug-likeness (QED) is 0.0767. The number of aromatic nitrogens is 3. The van der Waals surface area contributed by atoms with Crippen LogP contribution in [0, 0.1) is 23.0 Å². The van der Waals surface area contributed by atoms with E-state index >= 15 is 0 Å². The molecule has 12 nitrogen and oxygen atoms in total. The predicted octanol–water partition coefficient (Wildman–Crippen LogP) is 6.60. The number of isocyanates is 1. The predicted molar refractivity (Wildman–Crippen MR) is 211 cm³/mol. The van der Waals surface area contributed by atoms with Crippen LogP contribution in [0.2, 0.25) is 0 Å². The van der Waals surface area contributed by atoms with Crippen LogP contribution in [0.15, 0.2) is 165 Å². The molecule has 1 heterocycles. The normalized spacial score (nSPS) is 10.5. The van der Waals surface area contributed by atoms with E-state index in [2.05, 4.69) is 4.99 Å². The molecule has 0 aliphatic rings. The van der Waals surface area contributed by atoms with Crippen LogP contribution in [0.3, 0.4) is 0 Å². The molecule has 0 bridgehead atoms. The van der Waals surface area contributed by atoms with Crippen LogP contribution < -0.4 is 26.5 Å². The van der Waals surface area contributed by atoms with Crippen molar-refractivity contribution in [2.24, 2.45) is 4.99 Å². The molecule has 0 atom stereocenters. The van der Waals surface area contributed by atoms with Crippen molar-refractivity contribution in [3.05, 3.63) is 210 Å². The lowest BCUT2D eigenvalue weighted by atomic mass is 10.0. The lowest BCUT2D eigenvalue weighted by molar-refractivity contribution is 0.506. The highest BCUT2D eigenvalue weighted by molar-refractivity contribution is 5.50. The van der Waals surface area contributed by atoms with Crippen molar-refractivity contribution in [3.63, 3.8) is 0 Å². The van der Waals surface area contributed by atoms with Crippen molar-refractivity contribution in [1.82, 2.24) is 13.7 Å². The Morgan fingerprint density at radius 1 is 0.421 bits per heavy atom. The van der Waals surface area contributed by atoms with E-state index in [0.29, 0.717) is 36.4 Å². The van der Waals surface area contributed by atoms with E-state index in [1.54, 1.807) is 122 Å². The number of carbonyl (C=O) groups excluding carboxylic acids is 1. The minimum absolute atomic E-state index is 0.271. The van der Waals surface area contributed by atoms with Gasteiger partial charge in [0.1, 0.15) is 11.5 Å². The number of hydrogen-bond donors (Lipinski definition) is 0. The molecule has 0 aliphatic carbocycles. The van der Waals surface area contributed by atoms with E-state index in [1.165, 1.54) is 6.08 Å². The topological polar surface area (TPSA) is 161 Å². The molecule has 0 spiro atoms. The van der Waals surface area contributed by atoms with Crippen LogP contribution in [-0.4, -0.2) is 19.8 Å². The van der Waals surface area contributed by atoms with Crippen LogP contribution in [0.25, 0.3) is 17.1 Å². The second kappa shape index (κ2) is 16.8. The molecular formula is C45H30N6O6. The summed E-state index contributed by atoms with van der Waals surface area (Å²) in [7, 11) is 0. The van der Waals surface area contributed by atoms with E-state index in [1.807, 2.05) is 36.4 Å². The van der Waals surface area contributed by atoms with E-state index in [-0.39, 0.29) is 17.1 Å². The van der Waals surface area contributed by atoms with Crippen molar-refractivity contribution in [2.75, 3.05) is 0 Å². The minimum atomic E-state index is -0.832. The van der Waals surface area contributed by atoms with E-state index < -0.39 is 17.1 Å². The number of hydrogen-bond acceptors (Lipinski definition) is 9. The van der Waals surface area contributed by atoms with Crippen LogP contribution in [0.1, 0.15) is 33.4 Å². The van der Waals surface area contributed by atoms with Gasteiger partial charge >= 0.3 is 17.1 Å². The van der Waals surface area contributed by atoms with Gasteiger partial charge in [-0.05, 0) is 125 Å². The Balaban J connectivity index is 1.25. The van der Waals surface area contributed by atoms with Crippen LogP contribution in [0.4, 0.5) is 5.69 Å². The average molecular weight is 751 g/mol. The van der Waals surface area contributed by atoms with Gasteiger partial charge in [-0.3, -0.25) is 0 Å².